The summed E-state index contributed by atoms with van der Waals surface area (Å²) in [6.07, 6.45) is 7.34. The van der Waals surface area contributed by atoms with E-state index in [4.69, 9.17) is 9.47 Å². The topological polar surface area (TPSA) is 43.4 Å². The van der Waals surface area contributed by atoms with Crippen LogP contribution in [0.4, 0.5) is 0 Å². The maximum Gasteiger partial charge on any atom is 0.137 e. The van der Waals surface area contributed by atoms with Gasteiger partial charge in [-0.1, -0.05) is 0 Å². The Morgan fingerprint density at radius 3 is 3.00 bits per heavy atom. The molecule has 1 aromatic rings. The Balaban J connectivity index is 2.15. The van der Waals surface area contributed by atoms with Crippen molar-refractivity contribution < 1.29 is 9.47 Å². The van der Waals surface area contributed by atoms with Gasteiger partial charge in [0.25, 0.3) is 0 Å². The van der Waals surface area contributed by atoms with Crippen LogP contribution in [0.3, 0.4) is 0 Å². The van der Waals surface area contributed by atoms with E-state index in [1.54, 1.807) is 13.3 Å². The normalized spacial score (nSPS) is 22.1. The van der Waals surface area contributed by atoms with E-state index in [0.29, 0.717) is 0 Å². The lowest BCUT2D eigenvalue weighted by molar-refractivity contribution is -0.00671. The van der Waals surface area contributed by atoms with E-state index in [-0.39, 0.29) is 12.1 Å². The number of methoxy groups -OCH3 is 1. The molecule has 4 nitrogen and oxygen atoms in total. The van der Waals surface area contributed by atoms with Crippen LogP contribution in [-0.2, 0) is 4.74 Å². The number of nitrogens with zero attached hydrogens (tertiary/aromatic N) is 1. The molecule has 2 unspecified atom stereocenters. The van der Waals surface area contributed by atoms with Crippen molar-refractivity contribution >= 4 is 0 Å². The molecule has 0 aromatic carbocycles. The Kier molecular flexibility index (Phi) is 4.34. The van der Waals surface area contributed by atoms with Crippen molar-refractivity contribution in [3.63, 3.8) is 0 Å². The van der Waals surface area contributed by atoms with Gasteiger partial charge in [-0.25, -0.2) is 0 Å². The van der Waals surface area contributed by atoms with Crippen LogP contribution in [0.5, 0.6) is 5.75 Å². The number of hydrogen-bond donors (Lipinski definition) is 1. The van der Waals surface area contributed by atoms with Crippen molar-refractivity contribution in [2.75, 3.05) is 20.8 Å². The molecule has 0 bridgehead atoms. The fourth-order valence-electron chi connectivity index (χ4n) is 2.31. The maximum absolute atomic E-state index is 5.83. The molecule has 2 atom stereocenters. The van der Waals surface area contributed by atoms with Gasteiger partial charge in [-0.15, -0.1) is 0 Å². The van der Waals surface area contributed by atoms with E-state index < -0.39 is 0 Å². The summed E-state index contributed by atoms with van der Waals surface area (Å²) in [5, 5.41) is 3.32. The zero-order chi connectivity index (χ0) is 12.1. The van der Waals surface area contributed by atoms with Gasteiger partial charge in [0.05, 0.1) is 25.5 Å². The van der Waals surface area contributed by atoms with Crippen LogP contribution in [0.2, 0.25) is 0 Å². The molecule has 94 valence electrons. The summed E-state index contributed by atoms with van der Waals surface area (Å²) in [6.45, 7) is 0.861. The van der Waals surface area contributed by atoms with Gasteiger partial charge in [0.2, 0.25) is 0 Å². The molecule has 1 N–H and O–H groups in total. The largest absolute Gasteiger partial charge is 0.495 e. The minimum atomic E-state index is 0.192. The molecule has 4 heteroatoms. The standard InChI is InChI=1S/C13H20N2O2/c1-14-13(12-5-3-4-6-17-12)10-7-11(16-2)9-15-8-10/h7-9,12-14H,3-6H2,1-2H3. The quantitative estimate of drug-likeness (QED) is 0.867. The SMILES string of the molecule is CNC(c1cncc(OC)c1)C1CCCCO1. The highest BCUT2D eigenvalue weighted by Crippen LogP contribution is 2.27. The molecule has 1 aromatic heterocycles. The van der Waals surface area contributed by atoms with Gasteiger partial charge >= 0.3 is 0 Å². The third-order valence-electron chi connectivity index (χ3n) is 3.23. The molecule has 1 fully saturated rings. The maximum atomic E-state index is 5.83. The van der Waals surface area contributed by atoms with Crippen molar-refractivity contribution in [2.24, 2.45) is 0 Å². The minimum Gasteiger partial charge on any atom is -0.495 e. The first kappa shape index (κ1) is 12.3. The molecular formula is C13H20N2O2. The molecule has 0 radical (unpaired) electrons. The summed E-state index contributed by atoms with van der Waals surface area (Å²) in [5.41, 5.74) is 1.12. The Morgan fingerprint density at radius 2 is 2.35 bits per heavy atom. The van der Waals surface area contributed by atoms with Crippen LogP contribution in [-0.4, -0.2) is 31.9 Å². The second-order valence-corrected chi connectivity index (χ2v) is 4.33. The summed E-state index contributed by atoms with van der Waals surface area (Å²) in [7, 11) is 3.62. The van der Waals surface area contributed by atoms with Crippen molar-refractivity contribution in [2.45, 2.75) is 31.4 Å². The predicted molar refractivity (Wildman–Crippen MR) is 66.2 cm³/mol. The molecule has 0 saturated carbocycles. The average Bonchev–Trinajstić information content (AvgIpc) is 2.41. The van der Waals surface area contributed by atoms with Gasteiger partial charge in [-0.05, 0) is 37.9 Å². The number of aromatic nitrogens is 1. The number of rotatable bonds is 4. The second-order valence-electron chi connectivity index (χ2n) is 4.33. The lowest BCUT2D eigenvalue weighted by Crippen LogP contribution is -2.34. The van der Waals surface area contributed by atoms with Gasteiger partial charge < -0.3 is 14.8 Å². The zero-order valence-electron chi connectivity index (χ0n) is 10.5. The Bertz CT molecular complexity index is 351. The van der Waals surface area contributed by atoms with Crippen LogP contribution >= 0.6 is 0 Å². The molecule has 0 aliphatic carbocycles. The molecule has 1 aliphatic heterocycles. The van der Waals surface area contributed by atoms with E-state index in [1.165, 1.54) is 12.8 Å². The molecule has 1 saturated heterocycles. The highest BCUT2D eigenvalue weighted by atomic mass is 16.5. The Morgan fingerprint density at radius 1 is 1.47 bits per heavy atom. The van der Waals surface area contributed by atoms with E-state index >= 15 is 0 Å². The average molecular weight is 236 g/mol. The molecule has 0 amide bonds. The van der Waals surface area contributed by atoms with Crippen molar-refractivity contribution in [3.05, 3.63) is 24.0 Å². The monoisotopic (exact) mass is 236 g/mol. The highest BCUT2D eigenvalue weighted by Gasteiger charge is 2.25. The number of likely N-dealkylation sites (N-methyl/N-ethyl adjacent to an activating group) is 1. The molecule has 0 spiro atoms. The molecule has 17 heavy (non-hydrogen) atoms. The van der Waals surface area contributed by atoms with E-state index in [1.807, 2.05) is 19.3 Å². The first-order chi connectivity index (χ1) is 8.35. The first-order valence-electron chi connectivity index (χ1n) is 6.13. The Hall–Kier alpha value is -1.13. The van der Waals surface area contributed by atoms with Gasteiger partial charge in [-0.3, -0.25) is 4.98 Å². The fraction of sp³-hybridized carbons (Fsp3) is 0.615. The number of nitrogens with one attached hydrogen (secondary N) is 1. The first-order valence-corrected chi connectivity index (χ1v) is 6.13. The van der Waals surface area contributed by atoms with Crippen LogP contribution in [0.15, 0.2) is 18.5 Å². The summed E-state index contributed by atoms with van der Waals surface area (Å²) >= 11 is 0. The second kappa shape index (κ2) is 5.98. The number of pyridine rings is 1. The molecular weight excluding hydrogens is 216 g/mol. The van der Waals surface area contributed by atoms with Crippen molar-refractivity contribution in [1.29, 1.82) is 0 Å². The van der Waals surface area contributed by atoms with Crippen LogP contribution < -0.4 is 10.1 Å². The Labute approximate surface area is 102 Å². The summed E-state index contributed by atoms with van der Waals surface area (Å²) in [5.74, 6) is 0.790. The third-order valence-corrected chi connectivity index (χ3v) is 3.23. The molecule has 2 heterocycles. The van der Waals surface area contributed by atoms with Crippen LogP contribution in [0.1, 0.15) is 30.9 Å². The summed E-state index contributed by atoms with van der Waals surface area (Å²) < 4.78 is 11.0. The van der Waals surface area contributed by atoms with Gasteiger partial charge in [0.1, 0.15) is 5.75 Å². The van der Waals surface area contributed by atoms with Gasteiger partial charge in [0.15, 0.2) is 0 Å². The van der Waals surface area contributed by atoms with Gasteiger partial charge in [0, 0.05) is 12.8 Å². The summed E-state index contributed by atoms with van der Waals surface area (Å²) in [6, 6.07) is 2.21. The van der Waals surface area contributed by atoms with E-state index in [2.05, 4.69) is 10.3 Å². The highest BCUT2D eigenvalue weighted by molar-refractivity contribution is 5.26. The number of ether oxygens (including phenoxy) is 2. The van der Waals surface area contributed by atoms with Gasteiger partial charge in [-0.2, -0.15) is 0 Å². The van der Waals surface area contributed by atoms with Crippen molar-refractivity contribution in [1.82, 2.24) is 10.3 Å². The zero-order valence-corrected chi connectivity index (χ0v) is 10.5. The molecule has 1 aliphatic rings. The third kappa shape index (κ3) is 2.96. The van der Waals surface area contributed by atoms with Crippen LogP contribution in [0, 0.1) is 0 Å². The lowest BCUT2D eigenvalue weighted by atomic mass is 9.97. The lowest BCUT2D eigenvalue weighted by Gasteiger charge is -2.30. The van der Waals surface area contributed by atoms with Crippen molar-refractivity contribution in [3.8, 4) is 5.75 Å². The molecule has 2 rings (SSSR count). The van der Waals surface area contributed by atoms with E-state index in [0.717, 1.165) is 24.3 Å². The number of hydrogen-bond acceptors (Lipinski definition) is 4. The van der Waals surface area contributed by atoms with E-state index in [9.17, 15) is 0 Å². The predicted octanol–water partition coefficient (Wildman–Crippen LogP) is 1.92. The van der Waals surface area contributed by atoms with Crippen LogP contribution in [0.25, 0.3) is 0 Å². The summed E-state index contributed by atoms with van der Waals surface area (Å²) in [4.78, 5) is 4.20. The minimum absolute atomic E-state index is 0.192. The smallest absolute Gasteiger partial charge is 0.137 e. The fourth-order valence-corrected chi connectivity index (χ4v) is 2.31.